The molecule has 4 nitrogen and oxygen atoms in total. The summed E-state index contributed by atoms with van der Waals surface area (Å²) in [4.78, 5) is 12.4. The van der Waals surface area contributed by atoms with Crippen molar-refractivity contribution >= 4 is 5.91 Å². The predicted molar refractivity (Wildman–Crippen MR) is 78.4 cm³/mol. The number of rotatable bonds is 4. The lowest BCUT2D eigenvalue weighted by atomic mass is 9.86. The molecular formula is C16H23NO3. The predicted octanol–water partition coefficient (Wildman–Crippen LogP) is 3.01. The smallest absolute Gasteiger partial charge is 0.251 e. The first-order chi connectivity index (χ1) is 9.63. The molecule has 1 aliphatic carbocycles. The molecule has 0 aliphatic heterocycles. The summed E-state index contributed by atoms with van der Waals surface area (Å²) in [5.41, 5.74) is 0.582. The molecular weight excluding hydrogens is 254 g/mol. The molecule has 2 rings (SSSR count). The SMILES string of the molecule is COc1cc(OC)cc(C(=O)NC2CCCCC2C)c1. The highest BCUT2D eigenvalue weighted by Crippen LogP contribution is 2.25. The van der Waals surface area contributed by atoms with Gasteiger partial charge in [-0.3, -0.25) is 4.79 Å². The summed E-state index contributed by atoms with van der Waals surface area (Å²) in [6.45, 7) is 2.20. The highest BCUT2D eigenvalue weighted by Gasteiger charge is 2.23. The molecule has 1 fully saturated rings. The minimum Gasteiger partial charge on any atom is -0.497 e. The molecule has 4 heteroatoms. The van der Waals surface area contributed by atoms with Crippen LogP contribution in [-0.4, -0.2) is 26.2 Å². The third-order valence-corrected chi connectivity index (χ3v) is 4.04. The summed E-state index contributed by atoms with van der Waals surface area (Å²) in [6.07, 6.45) is 4.71. The first-order valence-electron chi connectivity index (χ1n) is 7.18. The molecule has 2 atom stereocenters. The van der Waals surface area contributed by atoms with Crippen LogP contribution in [0, 0.1) is 5.92 Å². The highest BCUT2D eigenvalue weighted by atomic mass is 16.5. The van der Waals surface area contributed by atoms with Crippen molar-refractivity contribution in [2.75, 3.05) is 14.2 Å². The van der Waals surface area contributed by atoms with Gasteiger partial charge in [-0.25, -0.2) is 0 Å². The van der Waals surface area contributed by atoms with Crippen LogP contribution in [0.1, 0.15) is 43.0 Å². The molecule has 1 aliphatic rings. The average molecular weight is 277 g/mol. The van der Waals surface area contributed by atoms with Crippen LogP contribution in [0.5, 0.6) is 11.5 Å². The Kier molecular flexibility index (Phi) is 4.88. The summed E-state index contributed by atoms with van der Waals surface area (Å²) >= 11 is 0. The number of amides is 1. The van der Waals surface area contributed by atoms with Crippen LogP contribution in [0.4, 0.5) is 0 Å². The summed E-state index contributed by atoms with van der Waals surface area (Å²) in [7, 11) is 3.17. The maximum atomic E-state index is 12.4. The van der Waals surface area contributed by atoms with Gasteiger partial charge >= 0.3 is 0 Å². The van der Waals surface area contributed by atoms with Gasteiger partial charge in [0.25, 0.3) is 5.91 Å². The number of hydrogen-bond acceptors (Lipinski definition) is 3. The van der Waals surface area contributed by atoms with Crippen molar-refractivity contribution in [1.82, 2.24) is 5.32 Å². The van der Waals surface area contributed by atoms with Crippen molar-refractivity contribution in [3.8, 4) is 11.5 Å². The molecule has 1 aromatic rings. The molecule has 1 amide bonds. The number of methoxy groups -OCH3 is 2. The Hall–Kier alpha value is -1.71. The van der Waals surface area contributed by atoms with Gasteiger partial charge in [0, 0.05) is 17.7 Å². The van der Waals surface area contributed by atoms with Crippen molar-refractivity contribution in [2.24, 2.45) is 5.92 Å². The molecule has 1 aromatic carbocycles. The zero-order valence-corrected chi connectivity index (χ0v) is 12.4. The van der Waals surface area contributed by atoms with Crippen LogP contribution in [-0.2, 0) is 0 Å². The van der Waals surface area contributed by atoms with Crippen molar-refractivity contribution in [1.29, 1.82) is 0 Å². The Labute approximate surface area is 120 Å². The van der Waals surface area contributed by atoms with E-state index in [0.29, 0.717) is 23.0 Å². The molecule has 0 heterocycles. The molecule has 0 saturated heterocycles. The van der Waals surface area contributed by atoms with E-state index >= 15 is 0 Å². The van der Waals surface area contributed by atoms with Crippen molar-refractivity contribution in [3.05, 3.63) is 23.8 Å². The number of benzene rings is 1. The molecule has 0 bridgehead atoms. The monoisotopic (exact) mass is 277 g/mol. The number of carbonyl (C=O) groups is 1. The molecule has 110 valence electrons. The fourth-order valence-corrected chi connectivity index (χ4v) is 2.72. The van der Waals surface area contributed by atoms with Crippen LogP contribution >= 0.6 is 0 Å². The van der Waals surface area contributed by atoms with E-state index in [0.717, 1.165) is 6.42 Å². The average Bonchev–Trinajstić information content (AvgIpc) is 2.48. The Morgan fingerprint density at radius 1 is 1.10 bits per heavy atom. The van der Waals surface area contributed by atoms with E-state index in [1.165, 1.54) is 19.3 Å². The number of nitrogens with one attached hydrogen (secondary N) is 1. The summed E-state index contributed by atoms with van der Waals surface area (Å²) < 4.78 is 10.4. The maximum Gasteiger partial charge on any atom is 0.251 e. The van der Waals surface area contributed by atoms with Gasteiger partial charge in [0.05, 0.1) is 14.2 Å². The Bertz CT molecular complexity index is 451. The van der Waals surface area contributed by atoms with E-state index < -0.39 is 0 Å². The molecule has 20 heavy (non-hydrogen) atoms. The van der Waals surface area contributed by atoms with Crippen LogP contribution in [0.2, 0.25) is 0 Å². The van der Waals surface area contributed by atoms with E-state index in [4.69, 9.17) is 9.47 Å². The third-order valence-electron chi connectivity index (χ3n) is 4.04. The third kappa shape index (κ3) is 3.44. The second kappa shape index (κ2) is 6.64. The highest BCUT2D eigenvalue weighted by molar-refractivity contribution is 5.95. The van der Waals surface area contributed by atoms with Crippen LogP contribution in [0.25, 0.3) is 0 Å². The molecule has 1 N–H and O–H groups in total. The first kappa shape index (κ1) is 14.7. The molecule has 0 radical (unpaired) electrons. The Balaban J connectivity index is 2.11. The van der Waals surface area contributed by atoms with E-state index in [1.54, 1.807) is 32.4 Å². The van der Waals surface area contributed by atoms with Crippen molar-refractivity contribution in [3.63, 3.8) is 0 Å². The van der Waals surface area contributed by atoms with Gasteiger partial charge in [-0.05, 0) is 30.9 Å². The summed E-state index contributed by atoms with van der Waals surface area (Å²) in [6, 6.07) is 5.52. The van der Waals surface area contributed by atoms with Gasteiger partial charge in [-0.2, -0.15) is 0 Å². The van der Waals surface area contributed by atoms with Gasteiger partial charge < -0.3 is 14.8 Å². The molecule has 0 aromatic heterocycles. The Morgan fingerprint density at radius 2 is 1.70 bits per heavy atom. The standard InChI is InChI=1S/C16H23NO3/c1-11-6-4-5-7-15(11)17-16(18)12-8-13(19-2)10-14(9-12)20-3/h8-11,15H,4-7H2,1-3H3,(H,17,18). The van der Waals surface area contributed by atoms with Crippen LogP contribution in [0.15, 0.2) is 18.2 Å². The number of hydrogen-bond donors (Lipinski definition) is 1. The van der Waals surface area contributed by atoms with E-state index in [1.807, 2.05) is 0 Å². The minimum absolute atomic E-state index is 0.0547. The zero-order chi connectivity index (χ0) is 14.5. The van der Waals surface area contributed by atoms with E-state index in [9.17, 15) is 4.79 Å². The van der Waals surface area contributed by atoms with Gasteiger partial charge in [-0.1, -0.05) is 19.8 Å². The minimum atomic E-state index is -0.0547. The zero-order valence-electron chi connectivity index (χ0n) is 12.4. The van der Waals surface area contributed by atoms with Crippen molar-refractivity contribution < 1.29 is 14.3 Å². The second-order valence-electron chi connectivity index (χ2n) is 5.44. The lowest BCUT2D eigenvalue weighted by molar-refractivity contribution is 0.0909. The van der Waals surface area contributed by atoms with Gasteiger partial charge in [0.1, 0.15) is 11.5 Å². The lowest BCUT2D eigenvalue weighted by Gasteiger charge is -2.29. The Morgan fingerprint density at radius 3 is 2.25 bits per heavy atom. The fourth-order valence-electron chi connectivity index (χ4n) is 2.72. The normalized spacial score (nSPS) is 22.1. The molecule has 2 unspecified atom stereocenters. The summed E-state index contributed by atoms with van der Waals surface area (Å²) in [5, 5.41) is 3.14. The van der Waals surface area contributed by atoms with E-state index in [-0.39, 0.29) is 11.9 Å². The lowest BCUT2D eigenvalue weighted by Crippen LogP contribution is -2.41. The van der Waals surface area contributed by atoms with Crippen molar-refractivity contribution in [2.45, 2.75) is 38.6 Å². The fraction of sp³-hybridized carbons (Fsp3) is 0.562. The van der Waals surface area contributed by atoms with Gasteiger partial charge in [0.15, 0.2) is 0 Å². The quantitative estimate of drug-likeness (QED) is 0.920. The largest absolute Gasteiger partial charge is 0.497 e. The maximum absolute atomic E-state index is 12.4. The number of ether oxygens (including phenoxy) is 2. The molecule has 1 saturated carbocycles. The molecule has 0 spiro atoms. The van der Waals surface area contributed by atoms with Gasteiger partial charge in [0.2, 0.25) is 0 Å². The number of carbonyl (C=O) groups excluding carboxylic acids is 1. The summed E-state index contributed by atoms with van der Waals surface area (Å²) in [5.74, 6) is 1.75. The first-order valence-corrected chi connectivity index (χ1v) is 7.18. The second-order valence-corrected chi connectivity index (χ2v) is 5.44. The van der Waals surface area contributed by atoms with E-state index in [2.05, 4.69) is 12.2 Å². The van der Waals surface area contributed by atoms with Crippen LogP contribution in [0.3, 0.4) is 0 Å². The topological polar surface area (TPSA) is 47.6 Å². The van der Waals surface area contributed by atoms with Gasteiger partial charge in [-0.15, -0.1) is 0 Å². The van der Waals surface area contributed by atoms with Crippen LogP contribution < -0.4 is 14.8 Å².